The summed E-state index contributed by atoms with van der Waals surface area (Å²) in [5, 5.41) is 1.36. The maximum absolute atomic E-state index is 14.4. The van der Waals surface area contributed by atoms with Crippen molar-refractivity contribution in [2.75, 3.05) is 0 Å². The number of halogens is 4. The fourth-order valence-electron chi connectivity index (χ4n) is 5.41. The minimum Gasteiger partial charge on any atom is -0.298 e. The van der Waals surface area contributed by atoms with Crippen LogP contribution >= 0.6 is 55.1 Å². The van der Waals surface area contributed by atoms with Crippen molar-refractivity contribution in [1.29, 1.82) is 0 Å². The van der Waals surface area contributed by atoms with Gasteiger partial charge in [-0.05, 0) is 61.1 Å². The van der Waals surface area contributed by atoms with Crippen LogP contribution in [0.15, 0.2) is 45.3 Å². The van der Waals surface area contributed by atoms with Crippen LogP contribution in [0.25, 0.3) is 0 Å². The number of hydrogen-bond acceptors (Lipinski definition) is 1. The van der Waals surface area contributed by atoms with E-state index in [9.17, 15) is 4.79 Å². The van der Waals surface area contributed by atoms with Crippen molar-refractivity contribution in [2.45, 2.75) is 62.2 Å². The fourth-order valence-corrected chi connectivity index (χ4v) is 7.12. The highest BCUT2D eigenvalue weighted by molar-refractivity contribution is 9.10. The van der Waals surface area contributed by atoms with Gasteiger partial charge in [0.2, 0.25) is 0 Å². The molecule has 0 saturated heterocycles. The molecule has 2 aliphatic carbocycles. The molecule has 0 atom stereocenters. The van der Waals surface area contributed by atoms with Crippen LogP contribution in [-0.2, 0) is 15.6 Å². The molecule has 148 valence electrons. The van der Waals surface area contributed by atoms with Crippen LogP contribution in [0.1, 0.15) is 62.5 Å². The second-order valence-electron chi connectivity index (χ2n) is 8.16. The highest BCUT2D eigenvalue weighted by Gasteiger charge is 2.54. The van der Waals surface area contributed by atoms with E-state index in [1.54, 1.807) is 0 Å². The Morgan fingerprint density at radius 3 is 1.39 bits per heavy atom. The molecule has 28 heavy (non-hydrogen) atoms. The predicted molar refractivity (Wildman–Crippen MR) is 124 cm³/mol. The molecule has 0 amide bonds. The number of benzene rings is 2. The highest BCUT2D eigenvalue weighted by Crippen LogP contribution is 2.54. The zero-order chi connectivity index (χ0) is 19.9. The zero-order valence-corrected chi connectivity index (χ0v) is 20.2. The van der Waals surface area contributed by atoms with Crippen LogP contribution < -0.4 is 0 Å². The average molecular weight is 545 g/mol. The molecule has 1 nitrogen and oxygen atoms in total. The van der Waals surface area contributed by atoms with Crippen molar-refractivity contribution >= 4 is 60.8 Å². The second kappa shape index (κ2) is 8.06. The molecule has 0 aromatic heterocycles. The van der Waals surface area contributed by atoms with Gasteiger partial charge in [-0.25, -0.2) is 0 Å². The van der Waals surface area contributed by atoms with E-state index in [-0.39, 0.29) is 0 Å². The number of hydrogen-bond donors (Lipinski definition) is 0. The minimum atomic E-state index is -0.515. The Balaban J connectivity index is 1.87. The molecule has 0 unspecified atom stereocenters. The normalized spacial score (nSPS) is 20.4. The van der Waals surface area contributed by atoms with Crippen molar-refractivity contribution in [2.24, 2.45) is 0 Å². The van der Waals surface area contributed by atoms with Crippen LogP contribution in [0.4, 0.5) is 0 Å². The van der Waals surface area contributed by atoms with Gasteiger partial charge in [0, 0.05) is 19.0 Å². The Bertz CT molecular complexity index is 839. The topological polar surface area (TPSA) is 17.1 Å². The lowest BCUT2D eigenvalue weighted by molar-refractivity contribution is -0.130. The van der Waals surface area contributed by atoms with E-state index in [1.807, 2.05) is 36.4 Å². The standard InChI is InChI=1S/C23H22Br2Cl2O/c24-15-5-7-17(19(26)13-15)22(9-1-2-10-22)21(28)23(11-3-4-12-23)18-8-6-16(25)14-20(18)27/h5-8,13-14H,1-4,9-12H2. The van der Waals surface area contributed by atoms with Gasteiger partial charge in [-0.15, -0.1) is 0 Å². The fraction of sp³-hybridized carbons (Fsp3) is 0.435. The Hall–Kier alpha value is -0.350. The van der Waals surface area contributed by atoms with Crippen LogP contribution in [0.5, 0.6) is 0 Å². The molecule has 0 N–H and O–H groups in total. The lowest BCUT2D eigenvalue weighted by Crippen LogP contribution is -2.47. The summed E-state index contributed by atoms with van der Waals surface area (Å²) in [4.78, 5) is 14.4. The Kier molecular flexibility index (Phi) is 6.02. The quantitative estimate of drug-likeness (QED) is 0.377. The van der Waals surface area contributed by atoms with Crippen LogP contribution in [0, 0.1) is 0 Å². The van der Waals surface area contributed by atoms with Gasteiger partial charge in [0.25, 0.3) is 0 Å². The summed E-state index contributed by atoms with van der Waals surface area (Å²) in [6, 6.07) is 11.9. The van der Waals surface area contributed by atoms with Crippen molar-refractivity contribution in [3.8, 4) is 0 Å². The average Bonchev–Trinajstić information content (AvgIpc) is 3.32. The van der Waals surface area contributed by atoms with Crippen molar-refractivity contribution in [3.05, 3.63) is 66.5 Å². The Morgan fingerprint density at radius 1 is 0.714 bits per heavy atom. The number of carbonyl (C=O) groups excluding carboxylic acids is 1. The molecule has 2 fully saturated rings. The second-order valence-corrected chi connectivity index (χ2v) is 10.8. The molecule has 2 aromatic rings. The molecule has 0 spiro atoms. The summed E-state index contributed by atoms with van der Waals surface area (Å²) in [6.07, 6.45) is 7.69. The summed E-state index contributed by atoms with van der Waals surface area (Å²) in [5.74, 6) is 0.323. The molecule has 2 aromatic carbocycles. The van der Waals surface area contributed by atoms with Crippen molar-refractivity contribution in [1.82, 2.24) is 0 Å². The van der Waals surface area contributed by atoms with Gasteiger partial charge >= 0.3 is 0 Å². The highest BCUT2D eigenvalue weighted by atomic mass is 79.9. The number of Topliss-reactive ketones (excluding diaryl/α,β-unsaturated/α-hetero) is 1. The van der Waals surface area contributed by atoms with E-state index in [4.69, 9.17) is 23.2 Å². The lowest BCUT2D eigenvalue weighted by atomic mass is 9.62. The first kappa shape index (κ1) is 20.9. The third-order valence-electron chi connectivity index (χ3n) is 6.68. The van der Waals surface area contributed by atoms with Gasteiger partial charge in [-0.1, -0.05) is 92.9 Å². The summed E-state index contributed by atoms with van der Waals surface area (Å²) in [6.45, 7) is 0. The molecule has 4 rings (SSSR count). The summed E-state index contributed by atoms with van der Waals surface area (Å²) < 4.78 is 1.88. The van der Waals surface area contributed by atoms with E-state index in [1.165, 1.54) is 0 Å². The molecular formula is C23H22Br2Cl2O. The molecule has 0 bridgehead atoms. The minimum absolute atomic E-state index is 0.323. The first-order valence-electron chi connectivity index (χ1n) is 9.85. The first-order chi connectivity index (χ1) is 13.4. The van der Waals surface area contributed by atoms with Crippen molar-refractivity contribution in [3.63, 3.8) is 0 Å². The van der Waals surface area contributed by atoms with Gasteiger partial charge in [0.05, 0.1) is 10.8 Å². The van der Waals surface area contributed by atoms with Gasteiger partial charge in [0.15, 0.2) is 5.78 Å². The molecule has 0 aliphatic heterocycles. The van der Waals surface area contributed by atoms with E-state index in [0.29, 0.717) is 15.8 Å². The Morgan fingerprint density at radius 2 is 1.07 bits per heavy atom. The largest absolute Gasteiger partial charge is 0.298 e. The first-order valence-corrected chi connectivity index (χ1v) is 12.2. The van der Waals surface area contributed by atoms with Crippen LogP contribution in [-0.4, -0.2) is 5.78 Å². The van der Waals surface area contributed by atoms with Crippen LogP contribution in [0.2, 0.25) is 10.0 Å². The summed E-state index contributed by atoms with van der Waals surface area (Å²) in [7, 11) is 0. The summed E-state index contributed by atoms with van der Waals surface area (Å²) >= 11 is 20.4. The number of ketones is 1. The maximum atomic E-state index is 14.4. The van der Waals surface area contributed by atoms with E-state index in [0.717, 1.165) is 71.4 Å². The lowest BCUT2D eigenvalue weighted by Gasteiger charge is -2.39. The van der Waals surface area contributed by atoms with Crippen LogP contribution in [0.3, 0.4) is 0 Å². The van der Waals surface area contributed by atoms with Gasteiger partial charge < -0.3 is 0 Å². The monoisotopic (exact) mass is 542 g/mol. The third-order valence-corrected chi connectivity index (χ3v) is 8.29. The SMILES string of the molecule is O=C(C1(c2ccc(Br)cc2Cl)CCCC1)C1(c2ccc(Br)cc2Cl)CCCC1. The van der Waals surface area contributed by atoms with E-state index < -0.39 is 10.8 Å². The molecule has 2 saturated carbocycles. The zero-order valence-electron chi connectivity index (χ0n) is 15.5. The van der Waals surface area contributed by atoms with E-state index >= 15 is 0 Å². The maximum Gasteiger partial charge on any atom is 0.153 e. The molecular weight excluding hydrogens is 523 g/mol. The molecule has 0 heterocycles. The van der Waals surface area contributed by atoms with Gasteiger partial charge in [-0.2, -0.15) is 0 Å². The molecule has 2 aliphatic rings. The molecule has 5 heteroatoms. The van der Waals surface area contributed by atoms with E-state index in [2.05, 4.69) is 31.9 Å². The van der Waals surface area contributed by atoms with Gasteiger partial charge in [0.1, 0.15) is 0 Å². The third kappa shape index (κ3) is 3.41. The number of carbonyl (C=O) groups is 1. The van der Waals surface area contributed by atoms with Crippen molar-refractivity contribution < 1.29 is 4.79 Å². The smallest absolute Gasteiger partial charge is 0.153 e. The molecule has 0 radical (unpaired) electrons. The number of rotatable bonds is 4. The van der Waals surface area contributed by atoms with Gasteiger partial charge in [-0.3, -0.25) is 4.79 Å². The predicted octanol–water partition coefficient (Wildman–Crippen LogP) is 8.41. The Labute approximate surface area is 193 Å². The summed E-state index contributed by atoms with van der Waals surface area (Å²) in [5.41, 5.74) is 0.940.